The van der Waals surface area contributed by atoms with Gasteiger partial charge in [0.05, 0.1) is 5.69 Å². The van der Waals surface area contributed by atoms with E-state index in [2.05, 4.69) is 41.9 Å². The van der Waals surface area contributed by atoms with Gasteiger partial charge in [-0.3, -0.25) is 4.72 Å². The summed E-state index contributed by atoms with van der Waals surface area (Å²) in [5.41, 5.74) is 0.542. The molecule has 1 atom stereocenters. The van der Waals surface area contributed by atoms with E-state index in [4.69, 9.17) is 0 Å². The summed E-state index contributed by atoms with van der Waals surface area (Å²) in [6.07, 6.45) is 1.96. The molecule has 0 spiro atoms. The Bertz CT molecular complexity index is 593. The minimum atomic E-state index is -3.52. The van der Waals surface area contributed by atoms with Gasteiger partial charge in [0, 0.05) is 22.0 Å². The highest BCUT2D eigenvalue weighted by atomic mass is 79.9. The van der Waals surface area contributed by atoms with Gasteiger partial charge in [-0.1, -0.05) is 15.9 Å². The summed E-state index contributed by atoms with van der Waals surface area (Å²) in [6, 6.07) is 5.41. The second-order valence-electron chi connectivity index (χ2n) is 5.16. The van der Waals surface area contributed by atoms with Crippen molar-refractivity contribution in [2.45, 2.75) is 12.8 Å². The lowest BCUT2D eigenvalue weighted by atomic mass is 10.00. The number of rotatable bonds is 5. The van der Waals surface area contributed by atoms with Crippen molar-refractivity contribution >= 4 is 47.8 Å². The molecule has 1 unspecified atom stereocenters. The predicted molar refractivity (Wildman–Crippen MR) is 92.6 cm³/mol. The van der Waals surface area contributed by atoms with Gasteiger partial charge in [0.25, 0.3) is 0 Å². The number of nitrogens with one attached hydrogen (secondary N) is 2. The van der Waals surface area contributed by atoms with Gasteiger partial charge in [-0.05, 0) is 66.5 Å². The second kappa shape index (κ2) is 7.41. The van der Waals surface area contributed by atoms with Crippen LogP contribution in [0.3, 0.4) is 0 Å². The van der Waals surface area contributed by atoms with Crippen LogP contribution >= 0.6 is 31.9 Å². The highest BCUT2D eigenvalue weighted by Crippen LogP contribution is 2.28. The van der Waals surface area contributed by atoms with Crippen LogP contribution in [0, 0.1) is 5.92 Å². The van der Waals surface area contributed by atoms with Crippen molar-refractivity contribution in [1.29, 1.82) is 0 Å². The molecule has 2 rings (SSSR count). The lowest BCUT2D eigenvalue weighted by molar-refractivity contribution is 0.264. The van der Waals surface area contributed by atoms with E-state index in [9.17, 15) is 8.42 Å². The summed E-state index contributed by atoms with van der Waals surface area (Å²) in [5, 5.41) is 3.12. The van der Waals surface area contributed by atoms with Crippen LogP contribution in [0.4, 0.5) is 5.69 Å². The number of hydrogen-bond donors (Lipinski definition) is 2. The zero-order valence-electron chi connectivity index (χ0n) is 11.8. The van der Waals surface area contributed by atoms with Crippen LogP contribution in [0.5, 0.6) is 0 Å². The maximum Gasteiger partial charge on any atom is 0.301 e. The lowest BCUT2D eigenvalue weighted by Gasteiger charge is -2.32. The van der Waals surface area contributed by atoms with Crippen molar-refractivity contribution in [2.75, 3.05) is 31.4 Å². The molecule has 0 aliphatic carbocycles. The van der Waals surface area contributed by atoms with Gasteiger partial charge in [-0.15, -0.1) is 0 Å². The summed E-state index contributed by atoms with van der Waals surface area (Å²) >= 11 is 6.72. The van der Waals surface area contributed by atoms with E-state index < -0.39 is 10.2 Å². The van der Waals surface area contributed by atoms with Crippen molar-refractivity contribution in [3.05, 3.63) is 27.1 Å². The summed E-state index contributed by atoms with van der Waals surface area (Å²) in [5.74, 6) is 0.367. The van der Waals surface area contributed by atoms with Gasteiger partial charge in [0.2, 0.25) is 0 Å². The van der Waals surface area contributed by atoms with Crippen molar-refractivity contribution in [2.24, 2.45) is 5.92 Å². The predicted octanol–water partition coefficient (Wildman–Crippen LogP) is 2.80. The van der Waals surface area contributed by atoms with E-state index in [0.29, 0.717) is 24.7 Å². The van der Waals surface area contributed by atoms with Gasteiger partial charge in [-0.2, -0.15) is 12.7 Å². The average Bonchev–Trinajstić information content (AvgIpc) is 2.43. The van der Waals surface area contributed by atoms with E-state index in [0.717, 1.165) is 28.3 Å². The first-order valence-corrected chi connectivity index (χ1v) is 9.82. The zero-order valence-corrected chi connectivity index (χ0v) is 15.8. The van der Waals surface area contributed by atoms with Gasteiger partial charge in [0.15, 0.2) is 0 Å². The first-order valence-electron chi connectivity index (χ1n) is 6.80. The molecular formula is C13H19Br2N3O2S. The Morgan fingerprint density at radius 2 is 2.14 bits per heavy atom. The standard InChI is InChI=1S/C13H19Br2N3O2S/c1-16-8-10-3-2-6-18(9-10)21(19,20)17-13-7-11(14)4-5-12(13)15/h4-5,7,10,16-17H,2-3,6,8-9H2,1H3. The number of benzene rings is 1. The molecule has 21 heavy (non-hydrogen) atoms. The first-order chi connectivity index (χ1) is 9.92. The molecule has 1 aliphatic rings. The number of hydrogen-bond acceptors (Lipinski definition) is 3. The average molecular weight is 441 g/mol. The van der Waals surface area contributed by atoms with Crippen LogP contribution in [0.2, 0.25) is 0 Å². The van der Waals surface area contributed by atoms with Crippen LogP contribution in [-0.4, -0.2) is 39.4 Å². The third kappa shape index (κ3) is 4.66. The molecular weight excluding hydrogens is 422 g/mol. The fraction of sp³-hybridized carbons (Fsp3) is 0.538. The van der Waals surface area contributed by atoms with Gasteiger partial charge in [-0.25, -0.2) is 0 Å². The summed E-state index contributed by atoms with van der Waals surface area (Å²) < 4.78 is 30.8. The topological polar surface area (TPSA) is 61.4 Å². The summed E-state index contributed by atoms with van der Waals surface area (Å²) in [7, 11) is -1.63. The number of nitrogens with zero attached hydrogens (tertiary/aromatic N) is 1. The van der Waals surface area contributed by atoms with Gasteiger partial charge in [0.1, 0.15) is 0 Å². The lowest BCUT2D eigenvalue weighted by Crippen LogP contribution is -2.44. The maximum absolute atomic E-state index is 12.5. The molecule has 5 nitrogen and oxygen atoms in total. The molecule has 2 N–H and O–H groups in total. The molecule has 1 aromatic carbocycles. The van der Waals surface area contributed by atoms with Gasteiger partial charge >= 0.3 is 10.2 Å². The maximum atomic E-state index is 12.5. The Morgan fingerprint density at radius 3 is 2.86 bits per heavy atom. The molecule has 0 aromatic heterocycles. The molecule has 0 amide bonds. The Balaban J connectivity index is 2.12. The van der Waals surface area contributed by atoms with Crippen molar-refractivity contribution in [3.63, 3.8) is 0 Å². The molecule has 8 heteroatoms. The van der Waals surface area contributed by atoms with Crippen molar-refractivity contribution in [1.82, 2.24) is 9.62 Å². The SMILES string of the molecule is CNCC1CCCN(S(=O)(=O)Nc2cc(Br)ccc2Br)C1. The van der Waals surface area contributed by atoms with Crippen molar-refractivity contribution < 1.29 is 8.42 Å². The fourth-order valence-electron chi connectivity index (χ4n) is 2.48. The van der Waals surface area contributed by atoms with E-state index in [-0.39, 0.29) is 0 Å². The normalized spacial score (nSPS) is 20.4. The summed E-state index contributed by atoms with van der Waals surface area (Å²) in [4.78, 5) is 0. The number of anilines is 1. The summed E-state index contributed by atoms with van der Waals surface area (Å²) in [6.45, 7) is 1.97. The first kappa shape index (κ1) is 17.2. The molecule has 1 heterocycles. The second-order valence-corrected chi connectivity index (χ2v) is 8.60. The minimum absolute atomic E-state index is 0.367. The molecule has 1 saturated heterocycles. The molecule has 118 valence electrons. The van der Waals surface area contributed by atoms with E-state index in [1.54, 1.807) is 6.07 Å². The monoisotopic (exact) mass is 439 g/mol. The number of halogens is 2. The fourth-order valence-corrected chi connectivity index (χ4v) is 4.67. The molecule has 1 aliphatic heterocycles. The van der Waals surface area contributed by atoms with Crippen LogP contribution in [0.1, 0.15) is 12.8 Å². The van der Waals surface area contributed by atoms with Crippen LogP contribution in [0.25, 0.3) is 0 Å². The largest absolute Gasteiger partial charge is 0.319 e. The Morgan fingerprint density at radius 1 is 1.38 bits per heavy atom. The highest BCUT2D eigenvalue weighted by molar-refractivity contribution is 9.11. The third-order valence-corrected chi connectivity index (χ3v) is 6.16. The van der Waals surface area contributed by atoms with Crippen LogP contribution in [-0.2, 0) is 10.2 Å². The van der Waals surface area contributed by atoms with Gasteiger partial charge < -0.3 is 5.32 Å². The molecule has 0 radical (unpaired) electrons. The van der Waals surface area contributed by atoms with Crippen LogP contribution in [0.15, 0.2) is 27.1 Å². The quantitative estimate of drug-likeness (QED) is 0.739. The van der Waals surface area contributed by atoms with E-state index in [1.165, 1.54) is 4.31 Å². The van der Waals surface area contributed by atoms with E-state index in [1.807, 2.05) is 19.2 Å². The van der Waals surface area contributed by atoms with Crippen molar-refractivity contribution in [3.8, 4) is 0 Å². The zero-order chi connectivity index (χ0) is 15.5. The minimum Gasteiger partial charge on any atom is -0.319 e. The Labute approximate surface area is 142 Å². The highest BCUT2D eigenvalue weighted by Gasteiger charge is 2.28. The molecule has 0 bridgehead atoms. The smallest absolute Gasteiger partial charge is 0.301 e. The molecule has 1 aromatic rings. The van der Waals surface area contributed by atoms with Crippen LogP contribution < -0.4 is 10.0 Å². The number of piperidine rings is 1. The molecule has 1 fully saturated rings. The van der Waals surface area contributed by atoms with E-state index >= 15 is 0 Å². The Hall–Kier alpha value is -0.150. The molecule has 0 saturated carbocycles. The third-order valence-electron chi connectivity index (χ3n) is 3.48. The Kier molecular flexibility index (Phi) is 6.07.